The van der Waals surface area contributed by atoms with Crippen LogP contribution in [0.3, 0.4) is 0 Å². The van der Waals surface area contributed by atoms with Crippen molar-refractivity contribution in [2.45, 2.75) is 69.9 Å². The Kier molecular flexibility index (Phi) is 6.46. The third-order valence-electron chi connectivity index (χ3n) is 7.95. The lowest BCUT2D eigenvalue weighted by molar-refractivity contribution is -0.159. The van der Waals surface area contributed by atoms with Gasteiger partial charge in [0.05, 0.1) is 23.6 Å². The number of nitrogens with one attached hydrogen (secondary N) is 1. The van der Waals surface area contributed by atoms with Crippen molar-refractivity contribution in [3.05, 3.63) is 24.3 Å². The SMILES string of the molecule is CCOC(=O)[C@H]1[C@H]2C(=O)N(CCCCCO)C(C(=O)NCn3nnc4ccccc43)C23CC[C@]1(C)O3. The summed E-state index contributed by atoms with van der Waals surface area (Å²) in [6.07, 6.45) is 3.04. The van der Waals surface area contributed by atoms with Crippen LogP contribution in [0.15, 0.2) is 24.3 Å². The maximum atomic E-state index is 13.8. The molecule has 11 nitrogen and oxygen atoms in total. The van der Waals surface area contributed by atoms with E-state index in [0.717, 1.165) is 17.5 Å². The number of aliphatic hydroxyl groups is 1. The molecule has 5 rings (SSSR count). The van der Waals surface area contributed by atoms with Crippen LogP contribution in [0.2, 0.25) is 0 Å². The molecule has 3 aliphatic heterocycles. The molecule has 5 atom stereocenters. The molecule has 3 aliphatic rings. The summed E-state index contributed by atoms with van der Waals surface area (Å²) in [5.74, 6) is -2.56. The van der Waals surface area contributed by atoms with Crippen LogP contribution in [0.25, 0.3) is 11.0 Å². The summed E-state index contributed by atoms with van der Waals surface area (Å²) in [5.41, 5.74) is -0.439. The molecular weight excluding hydrogens is 466 g/mol. The van der Waals surface area contributed by atoms with E-state index in [1.54, 1.807) is 16.5 Å². The third kappa shape index (κ3) is 3.76. The van der Waals surface area contributed by atoms with Crippen molar-refractivity contribution < 1.29 is 29.0 Å². The maximum Gasteiger partial charge on any atom is 0.312 e. The Labute approximate surface area is 209 Å². The van der Waals surface area contributed by atoms with Crippen LogP contribution in [0.4, 0.5) is 0 Å². The fourth-order valence-electron chi connectivity index (χ4n) is 6.41. The van der Waals surface area contributed by atoms with Crippen LogP contribution in [-0.4, -0.2) is 79.8 Å². The molecule has 2 aromatic rings. The van der Waals surface area contributed by atoms with E-state index < -0.39 is 35.0 Å². The average Bonchev–Trinajstić information content (AvgIpc) is 3.56. The van der Waals surface area contributed by atoms with E-state index in [4.69, 9.17) is 14.6 Å². The van der Waals surface area contributed by atoms with E-state index in [2.05, 4.69) is 15.6 Å². The van der Waals surface area contributed by atoms with Gasteiger partial charge in [-0.15, -0.1) is 5.10 Å². The van der Waals surface area contributed by atoms with E-state index in [-0.39, 0.29) is 31.7 Å². The van der Waals surface area contributed by atoms with Crippen molar-refractivity contribution >= 4 is 28.8 Å². The number of nitrogens with zero attached hydrogens (tertiary/aromatic N) is 4. The van der Waals surface area contributed by atoms with Gasteiger partial charge in [0.2, 0.25) is 11.8 Å². The van der Waals surface area contributed by atoms with Gasteiger partial charge in [0, 0.05) is 13.2 Å². The summed E-state index contributed by atoms with van der Waals surface area (Å²) in [4.78, 5) is 42.1. The van der Waals surface area contributed by atoms with Crippen molar-refractivity contribution in [3.8, 4) is 0 Å². The van der Waals surface area contributed by atoms with Gasteiger partial charge >= 0.3 is 5.97 Å². The van der Waals surface area contributed by atoms with E-state index >= 15 is 0 Å². The number of likely N-dealkylation sites (tertiary alicyclic amines) is 1. The number of carbonyl (C=O) groups excluding carboxylic acids is 3. The molecule has 11 heteroatoms. The number of ether oxygens (including phenoxy) is 2. The van der Waals surface area contributed by atoms with Gasteiger partial charge in [-0.2, -0.15) is 0 Å². The first-order valence-corrected chi connectivity index (χ1v) is 12.7. The van der Waals surface area contributed by atoms with Crippen molar-refractivity contribution in [1.82, 2.24) is 25.2 Å². The predicted molar refractivity (Wildman–Crippen MR) is 127 cm³/mol. The standard InChI is InChI=1S/C25H33N5O6/c1-3-35-23(34)19-18-22(33)29(13-7-4-8-14-31)20(25(18)12-11-24(19,2)36-25)21(32)26-15-30-17-10-6-5-9-16(17)27-28-30/h5-6,9-10,18-20,31H,3-4,7-8,11-15H2,1-2H3,(H,26,32)/t18-,19+,20?,24-,25?/m0/s1. The molecule has 0 saturated carbocycles. The van der Waals surface area contributed by atoms with Crippen LogP contribution < -0.4 is 5.32 Å². The fraction of sp³-hybridized carbons (Fsp3) is 0.640. The number of benzene rings is 1. The largest absolute Gasteiger partial charge is 0.466 e. The molecule has 3 fully saturated rings. The Balaban J connectivity index is 1.43. The predicted octanol–water partition coefficient (Wildman–Crippen LogP) is 0.995. The minimum Gasteiger partial charge on any atom is -0.466 e. The molecular formula is C25H33N5O6. The number of unbranched alkanes of at least 4 members (excludes halogenated alkanes) is 2. The van der Waals surface area contributed by atoms with Crippen molar-refractivity contribution in [2.24, 2.45) is 11.8 Å². The summed E-state index contributed by atoms with van der Waals surface area (Å²) >= 11 is 0. The second-order valence-corrected chi connectivity index (χ2v) is 10.1. The fourth-order valence-corrected chi connectivity index (χ4v) is 6.41. The molecule has 4 heterocycles. The maximum absolute atomic E-state index is 13.8. The summed E-state index contributed by atoms with van der Waals surface area (Å²) in [7, 11) is 0. The first-order valence-electron chi connectivity index (χ1n) is 12.7. The van der Waals surface area contributed by atoms with Crippen molar-refractivity contribution in [1.29, 1.82) is 0 Å². The topological polar surface area (TPSA) is 136 Å². The lowest BCUT2D eigenvalue weighted by atomic mass is 9.66. The van der Waals surface area contributed by atoms with E-state index in [0.29, 0.717) is 32.2 Å². The van der Waals surface area contributed by atoms with Crippen LogP contribution in [-0.2, 0) is 30.5 Å². The number of aliphatic hydroxyl groups excluding tert-OH is 1. The third-order valence-corrected chi connectivity index (χ3v) is 7.95. The van der Waals surface area contributed by atoms with Gasteiger partial charge in [-0.05, 0) is 58.1 Å². The Morgan fingerprint density at radius 3 is 2.83 bits per heavy atom. The quantitative estimate of drug-likeness (QED) is 0.365. The highest BCUT2D eigenvalue weighted by molar-refractivity contribution is 5.98. The van der Waals surface area contributed by atoms with Gasteiger partial charge in [0.1, 0.15) is 29.7 Å². The van der Waals surface area contributed by atoms with Crippen LogP contribution in [0.5, 0.6) is 0 Å². The molecule has 36 heavy (non-hydrogen) atoms. The van der Waals surface area contributed by atoms with Gasteiger partial charge in [-0.1, -0.05) is 17.3 Å². The molecule has 1 aromatic heterocycles. The number of hydrogen-bond acceptors (Lipinski definition) is 8. The number of esters is 1. The number of fused-ring (bicyclic) bond motifs is 2. The second-order valence-electron chi connectivity index (χ2n) is 10.1. The summed E-state index contributed by atoms with van der Waals surface area (Å²) in [5, 5.41) is 20.3. The van der Waals surface area contributed by atoms with Crippen LogP contribution in [0.1, 0.15) is 46.0 Å². The number of para-hydroxylation sites is 1. The molecule has 2 amide bonds. The van der Waals surface area contributed by atoms with Crippen LogP contribution >= 0.6 is 0 Å². The summed E-state index contributed by atoms with van der Waals surface area (Å²) in [6, 6.07) is 6.58. The minimum atomic E-state index is -1.09. The van der Waals surface area contributed by atoms with E-state index in [1.807, 2.05) is 31.2 Å². The highest BCUT2D eigenvalue weighted by Gasteiger charge is 2.78. The molecule has 3 saturated heterocycles. The zero-order valence-electron chi connectivity index (χ0n) is 20.7. The average molecular weight is 500 g/mol. The molecule has 2 unspecified atom stereocenters. The molecule has 2 bridgehead atoms. The van der Waals surface area contributed by atoms with Crippen molar-refractivity contribution in [3.63, 3.8) is 0 Å². The number of rotatable bonds is 10. The normalized spacial score (nSPS) is 30.7. The molecule has 1 spiro atoms. The van der Waals surface area contributed by atoms with Crippen LogP contribution in [0, 0.1) is 11.8 Å². The zero-order valence-corrected chi connectivity index (χ0v) is 20.7. The first kappa shape index (κ1) is 24.6. The molecule has 1 aromatic carbocycles. The van der Waals surface area contributed by atoms with Gasteiger partial charge in [-0.3, -0.25) is 14.4 Å². The number of aromatic nitrogens is 3. The molecule has 0 aliphatic carbocycles. The number of carbonyl (C=O) groups is 3. The van der Waals surface area contributed by atoms with Gasteiger partial charge < -0.3 is 24.8 Å². The zero-order chi connectivity index (χ0) is 25.5. The smallest absolute Gasteiger partial charge is 0.312 e. The summed E-state index contributed by atoms with van der Waals surface area (Å²) in [6.45, 7) is 4.29. The van der Waals surface area contributed by atoms with E-state index in [9.17, 15) is 14.4 Å². The Hall–Kier alpha value is -3.05. The van der Waals surface area contributed by atoms with Crippen molar-refractivity contribution in [2.75, 3.05) is 19.8 Å². The number of hydrogen-bond donors (Lipinski definition) is 2. The monoisotopic (exact) mass is 499 g/mol. The minimum absolute atomic E-state index is 0.0721. The Morgan fingerprint density at radius 1 is 1.25 bits per heavy atom. The Bertz CT molecular complexity index is 1170. The first-order chi connectivity index (χ1) is 17.4. The summed E-state index contributed by atoms with van der Waals surface area (Å²) < 4.78 is 13.5. The van der Waals surface area contributed by atoms with Gasteiger partial charge in [0.25, 0.3) is 0 Å². The number of amides is 2. The van der Waals surface area contributed by atoms with Gasteiger partial charge in [-0.25, -0.2) is 4.68 Å². The van der Waals surface area contributed by atoms with Gasteiger partial charge in [0.15, 0.2) is 0 Å². The molecule has 194 valence electrons. The van der Waals surface area contributed by atoms with E-state index in [1.165, 1.54) is 0 Å². The lowest BCUT2D eigenvalue weighted by Crippen LogP contribution is -2.55. The highest BCUT2D eigenvalue weighted by Crippen LogP contribution is 2.63. The molecule has 0 radical (unpaired) electrons. The lowest BCUT2D eigenvalue weighted by Gasteiger charge is -2.33. The second kappa shape index (κ2) is 9.44. The Morgan fingerprint density at radius 2 is 2.06 bits per heavy atom. The highest BCUT2D eigenvalue weighted by atomic mass is 16.6. The molecule has 2 N–H and O–H groups in total.